The lowest BCUT2D eigenvalue weighted by Crippen LogP contribution is -2.42. The van der Waals surface area contributed by atoms with E-state index in [9.17, 15) is 18.0 Å². The third kappa shape index (κ3) is 3.36. The van der Waals surface area contributed by atoms with Gasteiger partial charge in [-0.15, -0.1) is 5.10 Å². The first kappa shape index (κ1) is 16.7. The number of benzene rings is 1. The van der Waals surface area contributed by atoms with Gasteiger partial charge in [0.2, 0.25) is 0 Å². The Morgan fingerprint density at radius 1 is 1.38 bits per heavy atom. The monoisotopic (exact) mass is 359 g/mol. The Kier molecular flexibility index (Phi) is 4.46. The highest BCUT2D eigenvalue weighted by Gasteiger charge is 2.37. The first-order chi connectivity index (χ1) is 11.4. The molecule has 1 fully saturated rings. The largest absolute Gasteiger partial charge is 0.417 e. The van der Waals surface area contributed by atoms with Gasteiger partial charge in [0.1, 0.15) is 0 Å². The number of rotatable bonds is 3. The molecule has 24 heavy (non-hydrogen) atoms. The van der Waals surface area contributed by atoms with E-state index in [2.05, 4.69) is 20.9 Å². The average Bonchev–Trinajstić information content (AvgIpc) is 3.16. The second-order valence-electron chi connectivity index (χ2n) is 5.38. The van der Waals surface area contributed by atoms with Crippen molar-refractivity contribution in [2.75, 3.05) is 13.1 Å². The van der Waals surface area contributed by atoms with Crippen molar-refractivity contribution in [1.82, 2.24) is 25.6 Å². The Morgan fingerprint density at radius 3 is 2.83 bits per heavy atom. The normalized spacial score (nSPS) is 21.0. The number of hydrogen-bond donors (Lipinski definition) is 2. The van der Waals surface area contributed by atoms with E-state index in [1.807, 2.05) is 0 Å². The first-order valence-electron chi connectivity index (χ1n) is 7.10. The van der Waals surface area contributed by atoms with Crippen LogP contribution in [0.4, 0.5) is 13.2 Å². The standard InChI is InChI=1S/C14H13ClF3N5O/c15-8-1-2-9(10(5-8)14(16,17)18)13(24)21-11-6-19-7-12(11)23-4-3-20-22-23/h1-5,11-12,19H,6-7H2,(H,21,24)/t11-,12+/m1/s1. The van der Waals surface area contributed by atoms with Gasteiger partial charge in [0, 0.05) is 24.3 Å². The van der Waals surface area contributed by atoms with Gasteiger partial charge in [-0.3, -0.25) is 4.79 Å². The van der Waals surface area contributed by atoms with Gasteiger partial charge in [-0.1, -0.05) is 16.8 Å². The molecule has 1 amide bonds. The molecule has 2 N–H and O–H groups in total. The van der Waals surface area contributed by atoms with Crippen molar-refractivity contribution in [2.45, 2.75) is 18.3 Å². The summed E-state index contributed by atoms with van der Waals surface area (Å²) in [5.41, 5.74) is -1.52. The zero-order chi connectivity index (χ0) is 17.3. The van der Waals surface area contributed by atoms with E-state index in [1.54, 1.807) is 10.9 Å². The zero-order valence-corrected chi connectivity index (χ0v) is 13.0. The quantitative estimate of drug-likeness (QED) is 0.878. The lowest BCUT2D eigenvalue weighted by molar-refractivity contribution is -0.137. The van der Waals surface area contributed by atoms with Gasteiger partial charge >= 0.3 is 6.18 Å². The van der Waals surface area contributed by atoms with Gasteiger partial charge in [0.25, 0.3) is 5.91 Å². The Balaban J connectivity index is 1.83. The Morgan fingerprint density at radius 2 is 2.17 bits per heavy atom. The van der Waals surface area contributed by atoms with E-state index in [1.165, 1.54) is 12.3 Å². The number of amides is 1. The van der Waals surface area contributed by atoms with E-state index in [0.29, 0.717) is 13.1 Å². The predicted molar refractivity (Wildman–Crippen MR) is 79.6 cm³/mol. The van der Waals surface area contributed by atoms with Crippen molar-refractivity contribution < 1.29 is 18.0 Å². The van der Waals surface area contributed by atoms with E-state index in [4.69, 9.17) is 11.6 Å². The highest BCUT2D eigenvalue weighted by atomic mass is 35.5. The van der Waals surface area contributed by atoms with Crippen molar-refractivity contribution in [1.29, 1.82) is 0 Å². The van der Waals surface area contributed by atoms with Crippen molar-refractivity contribution >= 4 is 17.5 Å². The molecule has 128 valence electrons. The first-order valence-corrected chi connectivity index (χ1v) is 7.48. The van der Waals surface area contributed by atoms with Crippen molar-refractivity contribution in [2.24, 2.45) is 0 Å². The van der Waals surface area contributed by atoms with Crippen LogP contribution in [-0.4, -0.2) is 40.0 Å². The fraction of sp³-hybridized carbons (Fsp3) is 0.357. The van der Waals surface area contributed by atoms with Crippen molar-refractivity contribution in [3.8, 4) is 0 Å². The van der Waals surface area contributed by atoms with Gasteiger partial charge in [-0.2, -0.15) is 13.2 Å². The molecule has 2 aromatic rings. The zero-order valence-electron chi connectivity index (χ0n) is 12.2. The molecule has 2 atom stereocenters. The summed E-state index contributed by atoms with van der Waals surface area (Å²) in [5.74, 6) is -0.808. The number of carbonyl (C=O) groups is 1. The molecule has 1 aliphatic rings. The van der Waals surface area contributed by atoms with Crippen LogP contribution in [-0.2, 0) is 6.18 Å². The lowest BCUT2D eigenvalue weighted by Gasteiger charge is -2.21. The van der Waals surface area contributed by atoms with E-state index >= 15 is 0 Å². The molecule has 3 rings (SSSR count). The number of nitrogens with zero attached hydrogens (tertiary/aromatic N) is 3. The number of hydrogen-bond acceptors (Lipinski definition) is 4. The minimum Gasteiger partial charge on any atom is -0.346 e. The number of alkyl halides is 3. The van der Waals surface area contributed by atoms with E-state index in [0.717, 1.165) is 12.1 Å². The van der Waals surface area contributed by atoms with Crippen LogP contribution >= 0.6 is 11.6 Å². The highest BCUT2D eigenvalue weighted by Crippen LogP contribution is 2.34. The lowest BCUT2D eigenvalue weighted by atomic mass is 10.1. The average molecular weight is 360 g/mol. The summed E-state index contributed by atoms with van der Waals surface area (Å²) in [4.78, 5) is 12.4. The third-order valence-electron chi connectivity index (χ3n) is 3.81. The second-order valence-corrected chi connectivity index (χ2v) is 5.81. The molecule has 0 aliphatic carbocycles. The second kappa shape index (κ2) is 6.40. The van der Waals surface area contributed by atoms with Crippen LogP contribution < -0.4 is 10.6 Å². The maximum absolute atomic E-state index is 13.1. The topological polar surface area (TPSA) is 71.8 Å². The van der Waals surface area contributed by atoms with E-state index in [-0.39, 0.29) is 11.1 Å². The van der Waals surface area contributed by atoms with Crippen LogP contribution in [0.2, 0.25) is 5.02 Å². The van der Waals surface area contributed by atoms with Gasteiger partial charge in [-0.25, -0.2) is 4.68 Å². The number of aromatic nitrogens is 3. The fourth-order valence-corrected chi connectivity index (χ4v) is 2.85. The summed E-state index contributed by atoms with van der Waals surface area (Å²) >= 11 is 5.63. The van der Waals surface area contributed by atoms with Gasteiger partial charge in [-0.05, 0) is 18.2 Å². The minimum absolute atomic E-state index is 0.0816. The summed E-state index contributed by atoms with van der Waals surface area (Å²) in [5, 5.41) is 13.2. The summed E-state index contributed by atoms with van der Waals surface area (Å²) in [6.07, 6.45) is -1.53. The molecule has 10 heteroatoms. The minimum atomic E-state index is -4.67. The molecular formula is C14H13ClF3N5O. The summed E-state index contributed by atoms with van der Waals surface area (Å²) in [6, 6.07) is 2.45. The summed E-state index contributed by atoms with van der Waals surface area (Å²) < 4.78 is 41.0. The fourth-order valence-electron chi connectivity index (χ4n) is 2.68. The van der Waals surface area contributed by atoms with Crippen LogP contribution in [0.5, 0.6) is 0 Å². The van der Waals surface area contributed by atoms with Crippen molar-refractivity contribution in [3.05, 3.63) is 46.7 Å². The maximum atomic E-state index is 13.1. The van der Waals surface area contributed by atoms with Crippen molar-refractivity contribution in [3.63, 3.8) is 0 Å². The molecule has 1 aromatic heterocycles. The van der Waals surface area contributed by atoms with Gasteiger partial charge < -0.3 is 10.6 Å². The predicted octanol–water partition coefficient (Wildman–Crippen LogP) is 1.89. The van der Waals surface area contributed by atoms with Crippen LogP contribution in [0.1, 0.15) is 22.0 Å². The number of carbonyl (C=O) groups excluding carboxylic acids is 1. The molecule has 6 nitrogen and oxygen atoms in total. The van der Waals surface area contributed by atoms with Crippen LogP contribution in [0.25, 0.3) is 0 Å². The molecule has 1 aromatic carbocycles. The number of nitrogens with one attached hydrogen (secondary N) is 2. The molecule has 0 spiro atoms. The van der Waals surface area contributed by atoms with Crippen LogP contribution in [0, 0.1) is 0 Å². The molecule has 1 aliphatic heterocycles. The molecule has 0 bridgehead atoms. The molecule has 0 radical (unpaired) electrons. The molecule has 0 unspecified atom stereocenters. The highest BCUT2D eigenvalue weighted by molar-refractivity contribution is 6.30. The van der Waals surface area contributed by atoms with Crippen LogP contribution in [0.3, 0.4) is 0 Å². The molecule has 2 heterocycles. The molecule has 0 saturated carbocycles. The molecular weight excluding hydrogens is 347 g/mol. The Labute approximate surface area is 140 Å². The maximum Gasteiger partial charge on any atom is 0.417 e. The summed E-state index contributed by atoms with van der Waals surface area (Å²) in [7, 11) is 0. The van der Waals surface area contributed by atoms with Gasteiger partial charge in [0.05, 0.1) is 29.4 Å². The summed E-state index contributed by atoms with van der Waals surface area (Å²) in [6.45, 7) is 0.951. The molecule has 1 saturated heterocycles. The van der Waals surface area contributed by atoms with E-state index < -0.39 is 29.3 Å². The third-order valence-corrected chi connectivity index (χ3v) is 4.05. The Bertz CT molecular complexity index is 735. The SMILES string of the molecule is O=C(N[C@@H]1CNC[C@@H]1n1ccnn1)c1ccc(Cl)cc1C(F)(F)F. The Hall–Kier alpha value is -2.13. The van der Waals surface area contributed by atoms with Crippen LogP contribution in [0.15, 0.2) is 30.6 Å². The smallest absolute Gasteiger partial charge is 0.346 e. The van der Waals surface area contributed by atoms with Gasteiger partial charge in [0.15, 0.2) is 0 Å². The number of halogens is 4.